The molecule has 0 saturated carbocycles. The van der Waals surface area contributed by atoms with Crippen LogP contribution in [0.4, 0.5) is 4.79 Å². The minimum absolute atomic E-state index is 0.755. The van der Waals surface area contributed by atoms with E-state index in [1.165, 1.54) is 0 Å². The van der Waals surface area contributed by atoms with Crippen LogP contribution >= 0.6 is 0 Å². The summed E-state index contributed by atoms with van der Waals surface area (Å²) in [5, 5.41) is 0. The average molecular weight is 147 g/mol. The molecule has 0 aromatic heterocycles. The summed E-state index contributed by atoms with van der Waals surface area (Å²) in [5.41, 5.74) is 14.7. The van der Waals surface area contributed by atoms with Crippen molar-refractivity contribution in [3.05, 3.63) is 0 Å². The Morgan fingerprint density at radius 2 is 2.00 bits per heavy atom. The van der Waals surface area contributed by atoms with Crippen LogP contribution in [-0.2, 0) is 4.74 Å². The Bertz CT molecular complexity index is 129. The minimum atomic E-state index is -0.911. The van der Waals surface area contributed by atoms with Crippen LogP contribution in [0.1, 0.15) is 13.8 Å². The van der Waals surface area contributed by atoms with Gasteiger partial charge in [0, 0.05) is 0 Å². The Balaban J connectivity index is 3.85. The summed E-state index contributed by atoms with van der Waals surface area (Å²) in [5.74, 6) is 0. The molecule has 0 aromatic rings. The van der Waals surface area contributed by atoms with Gasteiger partial charge in [0.05, 0.1) is 5.54 Å². The monoisotopic (exact) mass is 147 g/mol. The van der Waals surface area contributed by atoms with Crippen LogP contribution in [0, 0.1) is 0 Å². The second-order valence-electron chi connectivity index (χ2n) is 2.68. The van der Waals surface area contributed by atoms with Gasteiger partial charge in [-0.2, -0.15) is 0 Å². The fraction of sp³-hybridized carbons (Fsp3) is 0.800. The lowest BCUT2D eigenvalue weighted by Gasteiger charge is -2.25. The number of nitrogens with two attached hydrogens (primary N) is 3. The largest absolute Gasteiger partial charge is 0.429 e. The molecule has 0 radical (unpaired) electrons. The van der Waals surface area contributed by atoms with Crippen molar-refractivity contribution in [1.82, 2.24) is 0 Å². The zero-order chi connectivity index (χ0) is 8.36. The SMILES string of the molecule is CC(C)(N)C(N)OC(N)=O. The van der Waals surface area contributed by atoms with Crippen LogP contribution in [0.5, 0.6) is 0 Å². The first-order valence-corrected chi connectivity index (χ1v) is 2.84. The van der Waals surface area contributed by atoms with Gasteiger partial charge in [0.25, 0.3) is 0 Å². The highest BCUT2D eigenvalue weighted by Gasteiger charge is 2.23. The molecule has 1 unspecified atom stereocenters. The van der Waals surface area contributed by atoms with E-state index in [-0.39, 0.29) is 0 Å². The molecule has 0 fully saturated rings. The lowest BCUT2D eigenvalue weighted by molar-refractivity contribution is 0.0699. The van der Waals surface area contributed by atoms with Crippen molar-refractivity contribution in [3.63, 3.8) is 0 Å². The molecule has 10 heavy (non-hydrogen) atoms. The van der Waals surface area contributed by atoms with Crippen LogP contribution < -0.4 is 17.2 Å². The van der Waals surface area contributed by atoms with Crippen molar-refractivity contribution in [1.29, 1.82) is 0 Å². The molecule has 0 aliphatic carbocycles. The highest BCUT2D eigenvalue weighted by molar-refractivity contribution is 5.64. The summed E-state index contributed by atoms with van der Waals surface area (Å²) >= 11 is 0. The number of ether oxygens (including phenoxy) is 1. The fourth-order valence-corrected chi connectivity index (χ4v) is 0.277. The molecule has 60 valence electrons. The third kappa shape index (κ3) is 3.26. The van der Waals surface area contributed by atoms with Gasteiger partial charge in [0.15, 0.2) is 6.23 Å². The lowest BCUT2D eigenvalue weighted by atomic mass is 10.1. The van der Waals surface area contributed by atoms with E-state index in [0.717, 1.165) is 0 Å². The van der Waals surface area contributed by atoms with Crippen molar-refractivity contribution in [3.8, 4) is 0 Å². The molecule has 0 aliphatic heterocycles. The van der Waals surface area contributed by atoms with E-state index in [9.17, 15) is 4.79 Å². The van der Waals surface area contributed by atoms with Crippen LogP contribution in [0.2, 0.25) is 0 Å². The standard InChI is InChI=1S/C5H13N3O2/c1-5(2,8)3(6)10-4(7)9/h3H,6,8H2,1-2H3,(H2,7,9). The maximum atomic E-state index is 10.1. The van der Waals surface area contributed by atoms with E-state index in [1.54, 1.807) is 13.8 Å². The summed E-state index contributed by atoms with van der Waals surface area (Å²) in [6, 6.07) is 0. The molecule has 0 aromatic carbocycles. The number of amides is 1. The van der Waals surface area contributed by atoms with E-state index in [1.807, 2.05) is 0 Å². The number of hydrogen-bond donors (Lipinski definition) is 3. The Morgan fingerprint density at radius 3 is 2.10 bits per heavy atom. The number of primary amides is 1. The lowest BCUT2D eigenvalue weighted by Crippen LogP contribution is -2.53. The normalized spacial score (nSPS) is 14.4. The van der Waals surface area contributed by atoms with Gasteiger partial charge >= 0.3 is 6.09 Å². The van der Waals surface area contributed by atoms with Gasteiger partial charge in [-0.3, -0.25) is 5.73 Å². The molecule has 5 heteroatoms. The van der Waals surface area contributed by atoms with E-state index in [0.29, 0.717) is 0 Å². The Hall–Kier alpha value is -0.810. The predicted octanol–water partition coefficient (Wildman–Crippen LogP) is -0.896. The van der Waals surface area contributed by atoms with Crippen LogP contribution in [0.25, 0.3) is 0 Å². The average Bonchev–Trinajstić information content (AvgIpc) is 1.60. The quantitative estimate of drug-likeness (QED) is 0.440. The first kappa shape index (κ1) is 9.19. The molecule has 0 heterocycles. The molecular weight excluding hydrogens is 134 g/mol. The third-order valence-corrected chi connectivity index (χ3v) is 0.976. The number of carbonyl (C=O) groups excluding carboxylic acids is 1. The number of carbonyl (C=O) groups is 1. The molecule has 1 amide bonds. The van der Waals surface area contributed by atoms with Crippen molar-refractivity contribution in [2.75, 3.05) is 0 Å². The van der Waals surface area contributed by atoms with Gasteiger partial charge in [-0.1, -0.05) is 0 Å². The molecule has 0 bridgehead atoms. The van der Waals surface area contributed by atoms with Crippen molar-refractivity contribution in [2.45, 2.75) is 25.6 Å². The minimum Gasteiger partial charge on any atom is -0.429 e. The summed E-state index contributed by atoms with van der Waals surface area (Å²) in [6.07, 6.45) is -1.77. The molecule has 6 N–H and O–H groups in total. The Kier molecular flexibility index (Phi) is 2.62. The van der Waals surface area contributed by atoms with Crippen molar-refractivity contribution >= 4 is 6.09 Å². The number of rotatable bonds is 2. The van der Waals surface area contributed by atoms with Crippen LogP contribution in [0.15, 0.2) is 0 Å². The molecule has 0 saturated heterocycles. The van der Waals surface area contributed by atoms with Gasteiger partial charge in [-0.05, 0) is 13.8 Å². The summed E-state index contributed by atoms with van der Waals surface area (Å²) in [7, 11) is 0. The van der Waals surface area contributed by atoms with E-state index >= 15 is 0 Å². The van der Waals surface area contributed by atoms with E-state index in [2.05, 4.69) is 4.74 Å². The van der Waals surface area contributed by atoms with E-state index in [4.69, 9.17) is 17.2 Å². The van der Waals surface area contributed by atoms with Crippen LogP contribution in [0.3, 0.4) is 0 Å². The smallest absolute Gasteiger partial charge is 0.406 e. The summed E-state index contributed by atoms with van der Waals surface area (Å²) in [6.45, 7) is 3.28. The molecule has 0 aliphatic rings. The molecule has 0 spiro atoms. The van der Waals surface area contributed by atoms with Gasteiger partial charge < -0.3 is 16.2 Å². The second-order valence-corrected chi connectivity index (χ2v) is 2.68. The fourth-order valence-electron chi connectivity index (χ4n) is 0.277. The first-order valence-electron chi connectivity index (χ1n) is 2.84. The highest BCUT2D eigenvalue weighted by Crippen LogP contribution is 2.02. The maximum absolute atomic E-state index is 10.1. The topological polar surface area (TPSA) is 104 Å². The van der Waals surface area contributed by atoms with Gasteiger partial charge in [-0.15, -0.1) is 0 Å². The summed E-state index contributed by atoms with van der Waals surface area (Å²) in [4.78, 5) is 10.1. The molecule has 1 atom stereocenters. The highest BCUT2D eigenvalue weighted by atomic mass is 16.6. The first-order chi connectivity index (χ1) is 4.34. The Labute approximate surface area is 59.5 Å². The molecule has 5 nitrogen and oxygen atoms in total. The zero-order valence-corrected chi connectivity index (χ0v) is 6.13. The summed E-state index contributed by atoms with van der Waals surface area (Å²) < 4.78 is 4.41. The van der Waals surface area contributed by atoms with Gasteiger partial charge in [0.1, 0.15) is 0 Å². The molecule has 0 rings (SSSR count). The molecular formula is C5H13N3O2. The van der Waals surface area contributed by atoms with Crippen LogP contribution in [-0.4, -0.2) is 17.9 Å². The number of hydrogen-bond acceptors (Lipinski definition) is 4. The Morgan fingerprint density at radius 1 is 1.60 bits per heavy atom. The predicted molar refractivity (Wildman–Crippen MR) is 36.9 cm³/mol. The van der Waals surface area contributed by atoms with Gasteiger partial charge in [0.2, 0.25) is 0 Å². The van der Waals surface area contributed by atoms with Gasteiger partial charge in [-0.25, -0.2) is 4.79 Å². The zero-order valence-electron chi connectivity index (χ0n) is 6.13. The third-order valence-electron chi connectivity index (χ3n) is 0.976. The van der Waals surface area contributed by atoms with Crippen molar-refractivity contribution < 1.29 is 9.53 Å². The van der Waals surface area contributed by atoms with E-state index < -0.39 is 17.9 Å². The maximum Gasteiger partial charge on any atom is 0.406 e. The second kappa shape index (κ2) is 2.85. The van der Waals surface area contributed by atoms with Crippen molar-refractivity contribution in [2.24, 2.45) is 17.2 Å².